The molecule has 4 aliphatic carbocycles. The first-order chi connectivity index (χ1) is 17.5. The minimum absolute atomic E-state index is 0.0630. The molecule has 182 valence electrons. The lowest BCUT2D eigenvalue weighted by molar-refractivity contribution is -0.393. The Morgan fingerprint density at radius 1 is 0.778 bits per heavy atom. The van der Waals surface area contributed by atoms with Crippen molar-refractivity contribution in [1.82, 2.24) is 5.32 Å². The molecule has 0 heterocycles. The molecular weight excluding hydrogens is 450 g/mol. The van der Waals surface area contributed by atoms with Gasteiger partial charge in [-0.25, -0.2) is 4.79 Å². The Balaban J connectivity index is 0.980. The van der Waals surface area contributed by atoms with Crippen molar-refractivity contribution in [1.29, 1.82) is 0 Å². The molecular formula is C30H29N3O3. The van der Waals surface area contributed by atoms with E-state index in [-0.39, 0.29) is 17.4 Å². The van der Waals surface area contributed by atoms with Gasteiger partial charge in [-0.2, -0.15) is 0 Å². The number of rotatable bonds is 7. The van der Waals surface area contributed by atoms with Crippen LogP contribution in [0.25, 0.3) is 0 Å². The van der Waals surface area contributed by atoms with E-state index >= 15 is 0 Å². The summed E-state index contributed by atoms with van der Waals surface area (Å²) in [7, 11) is 1.38. The molecule has 3 aromatic carbocycles. The maximum Gasteiger partial charge on any atom is 0.339 e. The van der Waals surface area contributed by atoms with Crippen molar-refractivity contribution in [3.8, 4) is 0 Å². The summed E-state index contributed by atoms with van der Waals surface area (Å²) >= 11 is 0. The second-order valence-corrected chi connectivity index (χ2v) is 10.9. The van der Waals surface area contributed by atoms with Crippen LogP contribution in [0, 0.1) is 23.2 Å². The first-order valence-corrected chi connectivity index (χ1v) is 12.8. The molecule has 2 atom stereocenters. The molecule has 4 aliphatic rings. The summed E-state index contributed by atoms with van der Waals surface area (Å²) in [5.41, 5.74) is 5.20. The van der Waals surface area contributed by atoms with Crippen LogP contribution in [0.1, 0.15) is 46.4 Å². The van der Waals surface area contributed by atoms with E-state index in [2.05, 4.69) is 16.0 Å². The highest BCUT2D eigenvalue weighted by Crippen LogP contribution is 2.89. The summed E-state index contributed by atoms with van der Waals surface area (Å²) in [6, 6.07) is 22.8. The predicted octanol–water partition coefficient (Wildman–Crippen LogP) is 5.88. The number of nitrogens with one attached hydrogen (secondary N) is 3. The van der Waals surface area contributed by atoms with Crippen molar-refractivity contribution in [2.45, 2.75) is 31.2 Å². The lowest BCUT2D eigenvalue weighted by atomic mass is 9.15. The highest BCUT2D eigenvalue weighted by molar-refractivity contribution is 5.97. The maximum atomic E-state index is 13.0. The standard InChI is InChI=1S/C30H29N3O3/c1-36-28(35)25-4-2-3-5-26(25)32-24-12-10-23(11-13-24)31-22-8-6-18(7-9-22)27(34)33-29-16-20-14-19-15-21(17-29)30(19,20)29/h2-13,19-21,31-32H,14-17H2,1H3,(H,33,34). The van der Waals surface area contributed by atoms with Gasteiger partial charge in [-0.3, -0.25) is 4.79 Å². The molecule has 3 aromatic rings. The summed E-state index contributed by atoms with van der Waals surface area (Å²) in [6.45, 7) is 0. The van der Waals surface area contributed by atoms with E-state index in [1.807, 2.05) is 66.7 Å². The van der Waals surface area contributed by atoms with E-state index in [1.54, 1.807) is 6.07 Å². The van der Waals surface area contributed by atoms with Gasteiger partial charge in [0.1, 0.15) is 0 Å². The molecule has 3 N–H and O–H groups in total. The molecule has 0 radical (unpaired) electrons. The molecule has 0 saturated heterocycles. The number of esters is 1. The average molecular weight is 480 g/mol. The maximum absolute atomic E-state index is 13.0. The number of ether oxygens (including phenoxy) is 1. The van der Waals surface area contributed by atoms with Crippen molar-refractivity contribution < 1.29 is 14.3 Å². The Labute approximate surface area is 210 Å². The number of para-hydroxylation sites is 1. The second-order valence-electron chi connectivity index (χ2n) is 10.9. The number of hydrogen-bond donors (Lipinski definition) is 3. The third kappa shape index (κ3) is 2.84. The third-order valence-corrected chi connectivity index (χ3v) is 9.47. The van der Waals surface area contributed by atoms with Gasteiger partial charge in [0, 0.05) is 33.6 Å². The number of benzene rings is 3. The van der Waals surface area contributed by atoms with E-state index in [0.29, 0.717) is 16.7 Å². The summed E-state index contributed by atoms with van der Waals surface area (Å²) in [4.78, 5) is 25.0. The van der Waals surface area contributed by atoms with Crippen LogP contribution in [0.2, 0.25) is 0 Å². The Kier molecular flexibility index (Phi) is 4.53. The van der Waals surface area contributed by atoms with Crippen LogP contribution < -0.4 is 16.0 Å². The lowest BCUT2D eigenvalue weighted by Crippen LogP contribution is -2.92. The first-order valence-electron chi connectivity index (χ1n) is 12.8. The number of carbonyl (C=O) groups excluding carboxylic acids is 2. The van der Waals surface area contributed by atoms with Gasteiger partial charge >= 0.3 is 5.97 Å². The molecule has 0 bridgehead atoms. The summed E-state index contributed by atoms with van der Waals surface area (Å²) < 4.78 is 4.87. The molecule has 4 saturated carbocycles. The number of carbonyl (C=O) groups is 2. The van der Waals surface area contributed by atoms with Gasteiger partial charge in [-0.15, -0.1) is 0 Å². The molecule has 2 unspecified atom stereocenters. The smallest absolute Gasteiger partial charge is 0.339 e. The summed E-state index contributed by atoms with van der Waals surface area (Å²) in [5, 5.41) is 10.1. The van der Waals surface area contributed by atoms with Crippen molar-refractivity contribution in [3.05, 3.63) is 83.9 Å². The van der Waals surface area contributed by atoms with Gasteiger partial charge in [0.15, 0.2) is 0 Å². The van der Waals surface area contributed by atoms with Gasteiger partial charge < -0.3 is 20.7 Å². The van der Waals surface area contributed by atoms with E-state index < -0.39 is 0 Å². The zero-order chi connectivity index (χ0) is 24.5. The van der Waals surface area contributed by atoms with Crippen LogP contribution in [-0.4, -0.2) is 24.5 Å². The van der Waals surface area contributed by atoms with Crippen LogP contribution in [0.5, 0.6) is 0 Å². The SMILES string of the molecule is COC(=O)c1ccccc1Nc1ccc(Nc2ccc(C(=O)NC34CC5CC6CC(C3)C654)cc2)cc1. The van der Waals surface area contributed by atoms with Crippen molar-refractivity contribution >= 4 is 34.6 Å². The van der Waals surface area contributed by atoms with E-state index in [1.165, 1.54) is 32.8 Å². The minimum atomic E-state index is -0.378. The minimum Gasteiger partial charge on any atom is -0.465 e. The predicted molar refractivity (Wildman–Crippen MR) is 139 cm³/mol. The Morgan fingerprint density at radius 3 is 1.94 bits per heavy atom. The number of hydrogen-bond acceptors (Lipinski definition) is 5. The molecule has 36 heavy (non-hydrogen) atoms. The Hall–Kier alpha value is -3.80. The molecule has 1 amide bonds. The van der Waals surface area contributed by atoms with Crippen LogP contribution in [0.3, 0.4) is 0 Å². The molecule has 6 heteroatoms. The largest absolute Gasteiger partial charge is 0.465 e. The summed E-state index contributed by atoms with van der Waals surface area (Å²) in [6.07, 6.45) is 5.16. The molecule has 7 rings (SSSR count). The van der Waals surface area contributed by atoms with E-state index in [0.717, 1.165) is 40.4 Å². The van der Waals surface area contributed by atoms with Gasteiger partial charge in [0.25, 0.3) is 5.91 Å². The molecule has 4 fully saturated rings. The number of amides is 1. The van der Waals surface area contributed by atoms with Gasteiger partial charge in [0.05, 0.1) is 18.4 Å². The zero-order valence-corrected chi connectivity index (χ0v) is 20.2. The van der Waals surface area contributed by atoms with E-state index in [4.69, 9.17) is 4.74 Å². The third-order valence-electron chi connectivity index (χ3n) is 9.47. The van der Waals surface area contributed by atoms with Crippen LogP contribution in [0.15, 0.2) is 72.8 Å². The van der Waals surface area contributed by atoms with Gasteiger partial charge in [-0.05, 0) is 104 Å². The number of anilines is 4. The topological polar surface area (TPSA) is 79.5 Å². The van der Waals surface area contributed by atoms with Gasteiger partial charge in [-0.1, -0.05) is 12.1 Å². The number of methoxy groups -OCH3 is 1. The fourth-order valence-electron chi connectivity index (χ4n) is 7.98. The normalized spacial score (nSPS) is 30.1. The highest BCUT2D eigenvalue weighted by atomic mass is 16.5. The average Bonchev–Trinajstić information content (AvgIpc) is 2.85. The van der Waals surface area contributed by atoms with Crippen molar-refractivity contribution in [2.24, 2.45) is 23.2 Å². The Morgan fingerprint density at radius 2 is 1.36 bits per heavy atom. The fraction of sp³-hybridized carbons (Fsp3) is 0.333. The zero-order valence-electron chi connectivity index (χ0n) is 20.2. The molecule has 1 spiro atoms. The highest BCUT2D eigenvalue weighted by Gasteiger charge is 2.88. The quantitative estimate of drug-likeness (QED) is 0.369. The second kappa shape index (κ2) is 7.60. The van der Waals surface area contributed by atoms with Crippen LogP contribution in [-0.2, 0) is 4.74 Å². The molecule has 6 nitrogen and oxygen atoms in total. The van der Waals surface area contributed by atoms with E-state index in [9.17, 15) is 9.59 Å². The van der Waals surface area contributed by atoms with Crippen LogP contribution in [0.4, 0.5) is 22.7 Å². The van der Waals surface area contributed by atoms with Crippen LogP contribution >= 0.6 is 0 Å². The monoisotopic (exact) mass is 479 g/mol. The summed E-state index contributed by atoms with van der Waals surface area (Å²) in [5.74, 6) is 2.33. The van der Waals surface area contributed by atoms with Crippen molar-refractivity contribution in [3.63, 3.8) is 0 Å². The molecule has 0 aliphatic heterocycles. The first kappa shape index (κ1) is 21.5. The lowest BCUT2D eigenvalue weighted by Gasteiger charge is -2.91. The fourth-order valence-corrected chi connectivity index (χ4v) is 7.98. The van der Waals surface area contributed by atoms with Gasteiger partial charge in [0.2, 0.25) is 0 Å². The molecule has 0 aromatic heterocycles. The van der Waals surface area contributed by atoms with Crippen molar-refractivity contribution in [2.75, 3.05) is 17.7 Å². The Bertz CT molecular complexity index is 1340.